The number of likely N-dealkylation sites (tertiary alicyclic amines) is 1. The molecule has 0 radical (unpaired) electrons. The Balaban J connectivity index is 0.00000140. The van der Waals surface area contributed by atoms with Crippen LogP contribution in [-0.2, 0) is 4.79 Å². The van der Waals surface area contributed by atoms with Crippen molar-refractivity contribution in [3.8, 4) is 0 Å². The van der Waals surface area contributed by atoms with Gasteiger partial charge in [0.25, 0.3) is 0 Å². The second kappa shape index (κ2) is 10.8. The van der Waals surface area contributed by atoms with E-state index in [1.54, 1.807) is 0 Å². The molecular weight excluding hydrogens is 393 g/mol. The van der Waals surface area contributed by atoms with E-state index < -0.39 is 0 Å². The first kappa shape index (κ1) is 23.5. The summed E-state index contributed by atoms with van der Waals surface area (Å²) in [6.45, 7) is 4.41. The van der Waals surface area contributed by atoms with Gasteiger partial charge in [-0.2, -0.15) is 0 Å². The minimum atomic E-state index is 0. The first-order chi connectivity index (χ1) is 12.7. The maximum absolute atomic E-state index is 12.7. The number of rotatable bonds is 4. The lowest BCUT2D eigenvalue weighted by Crippen LogP contribution is -2.50. The van der Waals surface area contributed by atoms with E-state index in [1.165, 1.54) is 31.2 Å². The zero-order valence-electron chi connectivity index (χ0n) is 16.8. The molecule has 6 heteroatoms. The van der Waals surface area contributed by atoms with Crippen molar-refractivity contribution in [3.63, 3.8) is 0 Å². The number of amides is 1. The number of nitrogens with one attached hydrogen (secondary N) is 2. The Kier molecular flexibility index (Phi) is 9.07. The van der Waals surface area contributed by atoms with E-state index in [0.717, 1.165) is 38.3 Å². The summed E-state index contributed by atoms with van der Waals surface area (Å²) < 4.78 is 0. The summed E-state index contributed by atoms with van der Waals surface area (Å²) >= 11 is 0. The third-order valence-electron chi connectivity index (χ3n) is 6.88. The SMILES string of the molecule is CC(c1ccccc1)N1CCC(NC(=O)C2CC3CCCCC3N2)CC1.Cl.Cl. The smallest absolute Gasteiger partial charge is 0.237 e. The van der Waals surface area contributed by atoms with Crippen LogP contribution in [0.3, 0.4) is 0 Å². The Morgan fingerprint density at radius 2 is 1.75 bits per heavy atom. The summed E-state index contributed by atoms with van der Waals surface area (Å²) in [7, 11) is 0. The highest BCUT2D eigenvalue weighted by atomic mass is 35.5. The Bertz CT molecular complexity index is 593. The first-order valence-electron chi connectivity index (χ1n) is 10.6. The molecule has 0 aromatic heterocycles. The number of piperidine rings is 1. The number of carbonyl (C=O) groups is 1. The number of hydrogen-bond acceptors (Lipinski definition) is 3. The minimum Gasteiger partial charge on any atom is -0.352 e. The number of hydrogen-bond donors (Lipinski definition) is 2. The van der Waals surface area contributed by atoms with Crippen LogP contribution in [0.5, 0.6) is 0 Å². The van der Waals surface area contributed by atoms with Gasteiger partial charge in [0.15, 0.2) is 0 Å². The van der Waals surface area contributed by atoms with Crippen LogP contribution in [0.4, 0.5) is 0 Å². The number of nitrogens with zero attached hydrogens (tertiary/aromatic N) is 1. The second-order valence-electron chi connectivity index (χ2n) is 8.51. The average molecular weight is 428 g/mol. The monoisotopic (exact) mass is 427 g/mol. The molecule has 4 atom stereocenters. The van der Waals surface area contributed by atoms with Gasteiger partial charge in [-0.3, -0.25) is 9.69 Å². The van der Waals surface area contributed by atoms with Crippen molar-refractivity contribution in [1.29, 1.82) is 0 Å². The van der Waals surface area contributed by atoms with E-state index in [2.05, 4.69) is 52.8 Å². The summed E-state index contributed by atoms with van der Waals surface area (Å²) in [5.74, 6) is 0.974. The summed E-state index contributed by atoms with van der Waals surface area (Å²) in [5, 5.41) is 6.95. The molecule has 4 nitrogen and oxygen atoms in total. The minimum absolute atomic E-state index is 0. The lowest BCUT2D eigenvalue weighted by molar-refractivity contribution is -0.124. The number of halogens is 2. The van der Waals surface area contributed by atoms with Crippen LogP contribution in [0.1, 0.15) is 63.5 Å². The normalized spacial score (nSPS) is 29.1. The highest BCUT2D eigenvalue weighted by Crippen LogP contribution is 2.33. The van der Waals surface area contributed by atoms with Crippen LogP contribution in [0, 0.1) is 5.92 Å². The molecule has 1 aromatic carbocycles. The number of benzene rings is 1. The van der Waals surface area contributed by atoms with Gasteiger partial charge in [0.1, 0.15) is 0 Å². The first-order valence-corrected chi connectivity index (χ1v) is 10.6. The van der Waals surface area contributed by atoms with Crippen LogP contribution in [0.2, 0.25) is 0 Å². The highest BCUT2D eigenvalue weighted by Gasteiger charge is 2.38. The molecule has 3 aliphatic rings. The fourth-order valence-electron chi connectivity index (χ4n) is 5.20. The molecular formula is C22H35Cl2N3O. The van der Waals surface area contributed by atoms with E-state index in [-0.39, 0.29) is 36.8 Å². The zero-order chi connectivity index (χ0) is 17.9. The molecule has 2 N–H and O–H groups in total. The van der Waals surface area contributed by atoms with Gasteiger partial charge in [0.05, 0.1) is 6.04 Å². The molecule has 28 heavy (non-hydrogen) atoms. The van der Waals surface area contributed by atoms with Gasteiger partial charge in [-0.1, -0.05) is 43.2 Å². The van der Waals surface area contributed by atoms with Crippen molar-refractivity contribution in [3.05, 3.63) is 35.9 Å². The quantitative estimate of drug-likeness (QED) is 0.759. The molecule has 1 saturated carbocycles. The van der Waals surface area contributed by atoms with Crippen LogP contribution in [0.25, 0.3) is 0 Å². The molecule has 2 heterocycles. The molecule has 0 bridgehead atoms. The van der Waals surface area contributed by atoms with Crippen LogP contribution < -0.4 is 10.6 Å². The average Bonchev–Trinajstić information content (AvgIpc) is 3.13. The van der Waals surface area contributed by atoms with Gasteiger partial charge < -0.3 is 10.6 Å². The second-order valence-corrected chi connectivity index (χ2v) is 8.51. The summed E-state index contributed by atoms with van der Waals surface area (Å²) in [6.07, 6.45) is 8.38. The molecule has 1 aromatic rings. The molecule has 4 rings (SSSR count). The van der Waals surface area contributed by atoms with E-state index in [4.69, 9.17) is 0 Å². The van der Waals surface area contributed by atoms with Gasteiger partial charge in [0, 0.05) is 31.2 Å². The molecule has 3 fully saturated rings. The van der Waals surface area contributed by atoms with Gasteiger partial charge in [-0.25, -0.2) is 0 Å². The van der Waals surface area contributed by atoms with Crippen LogP contribution >= 0.6 is 24.8 Å². The van der Waals surface area contributed by atoms with Crippen LogP contribution in [-0.4, -0.2) is 42.0 Å². The molecule has 0 spiro atoms. The third kappa shape index (κ3) is 5.41. The highest BCUT2D eigenvalue weighted by molar-refractivity contribution is 5.85. The van der Waals surface area contributed by atoms with Gasteiger partial charge >= 0.3 is 0 Å². The Morgan fingerprint density at radius 1 is 1.07 bits per heavy atom. The fourth-order valence-corrected chi connectivity index (χ4v) is 5.20. The van der Waals surface area contributed by atoms with Crippen molar-refractivity contribution >= 4 is 30.7 Å². The maximum atomic E-state index is 12.7. The lowest BCUT2D eigenvalue weighted by Gasteiger charge is -2.36. The molecule has 1 aliphatic carbocycles. The van der Waals surface area contributed by atoms with Crippen molar-refractivity contribution in [2.75, 3.05) is 13.1 Å². The summed E-state index contributed by atoms with van der Waals surface area (Å²) in [5.41, 5.74) is 1.38. The largest absolute Gasteiger partial charge is 0.352 e. The van der Waals surface area contributed by atoms with Crippen molar-refractivity contribution in [1.82, 2.24) is 15.5 Å². The molecule has 2 aliphatic heterocycles. The van der Waals surface area contributed by atoms with Crippen LogP contribution in [0.15, 0.2) is 30.3 Å². The van der Waals surface area contributed by atoms with Gasteiger partial charge in [-0.15, -0.1) is 24.8 Å². The van der Waals surface area contributed by atoms with E-state index in [0.29, 0.717) is 18.1 Å². The van der Waals surface area contributed by atoms with E-state index in [1.807, 2.05) is 0 Å². The zero-order valence-corrected chi connectivity index (χ0v) is 18.4. The van der Waals surface area contributed by atoms with Crippen molar-refractivity contribution in [2.45, 2.75) is 76.0 Å². The Morgan fingerprint density at radius 3 is 2.43 bits per heavy atom. The summed E-state index contributed by atoms with van der Waals surface area (Å²) in [4.78, 5) is 15.2. The van der Waals surface area contributed by atoms with Gasteiger partial charge in [0.2, 0.25) is 5.91 Å². The molecule has 2 saturated heterocycles. The predicted octanol–water partition coefficient (Wildman–Crippen LogP) is 4.09. The van der Waals surface area contributed by atoms with Gasteiger partial charge in [-0.05, 0) is 50.5 Å². The third-order valence-corrected chi connectivity index (χ3v) is 6.88. The standard InChI is InChI=1S/C22H33N3O.2ClH/c1-16(17-7-3-2-4-8-17)25-13-11-19(12-14-25)23-22(26)21-15-18-9-5-6-10-20(18)24-21;;/h2-4,7-8,16,18-21,24H,5-6,9-15H2,1H3,(H,23,26);2*1H. The topological polar surface area (TPSA) is 44.4 Å². The van der Waals surface area contributed by atoms with E-state index >= 15 is 0 Å². The summed E-state index contributed by atoms with van der Waals surface area (Å²) in [6, 6.07) is 12.2. The Labute approximate surface area is 182 Å². The predicted molar refractivity (Wildman–Crippen MR) is 119 cm³/mol. The fraction of sp³-hybridized carbons (Fsp3) is 0.682. The van der Waals surface area contributed by atoms with Crippen molar-refractivity contribution in [2.24, 2.45) is 5.92 Å². The van der Waals surface area contributed by atoms with E-state index in [9.17, 15) is 4.79 Å². The molecule has 158 valence electrons. The lowest BCUT2D eigenvalue weighted by atomic mass is 9.85. The number of fused-ring (bicyclic) bond motifs is 1. The Hall–Kier alpha value is -0.810. The van der Waals surface area contributed by atoms with Crippen molar-refractivity contribution < 1.29 is 4.79 Å². The maximum Gasteiger partial charge on any atom is 0.237 e. The molecule has 4 unspecified atom stereocenters. The number of carbonyl (C=O) groups excluding carboxylic acids is 1. The molecule has 1 amide bonds.